The third kappa shape index (κ3) is 2.43. The van der Waals surface area contributed by atoms with E-state index in [0.29, 0.717) is 30.2 Å². The fourth-order valence-electron chi connectivity index (χ4n) is 2.25. The summed E-state index contributed by atoms with van der Waals surface area (Å²) in [7, 11) is 0. The number of rotatable bonds is 0. The number of benzene rings is 1. The summed E-state index contributed by atoms with van der Waals surface area (Å²) < 4.78 is 0. The SMILES string of the molecule is O=C(O)N1CC2(CC(C#Cc3cccc(Cl)c3)=NO2)C1. The van der Waals surface area contributed by atoms with E-state index in [9.17, 15) is 4.79 Å². The molecule has 1 amide bonds. The molecular formula is C14H11ClN2O3. The van der Waals surface area contributed by atoms with Crippen molar-refractivity contribution < 1.29 is 14.7 Å². The number of oxime groups is 1. The summed E-state index contributed by atoms with van der Waals surface area (Å²) in [6.45, 7) is 0.683. The third-order valence-corrected chi connectivity index (χ3v) is 3.48. The van der Waals surface area contributed by atoms with E-state index in [1.807, 2.05) is 12.1 Å². The van der Waals surface area contributed by atoms with Crippen LogP contribution in [0.25, 0.3) is 0 Å². The lowest BCUT2D eigenvalue weighted by molar-refractivity contribution is -0.113. The quantitative estimate of drug-likeness (QED) is 0.745. The summed E-state index contributed by atoms with van der Waals surface area (Å²) in [6, 6.07) is 7.25. The van der Waals surface area contributed by atoms with Crippen LogP contribution >= 0.6 is 11.6 Å². The number of halogens is 1. The number of nitrogens with zero attached hydrogens (tertiary/aromatic N) is 2. The van der Waals surface area contributed by atoms with Gasteiger partial charge in [0, 0.05) is 17.0 Å². The van der Waals surface area contributed by atoms with Crippen molar-refractivity contribution in [1.82, 2.24) is 4.90 Å². The molecule has 1 aromatic carbocycles. The Balaban J connectivity index is 1.63. The number of hydrogen-bond acceptors (Lipinski definition) is 3. The number of likely N-dealkylation sites (tertiary alicyclic amines) is 1. The molecule has 0 radical (unpaired) electrons. The first kappa shape index (κ1) is 12.8. The van der Waals surface area contributed by atoms with Crippen LogP contribution in [0.5, 0.6) is 0 Å². The molecule has 0 unspecified atom stereocenters. The van der Waals surface area contributed by atoms with Crippen LogP contribution in [0.1, 0.15) is 12.0 Å². The maximum absolute atomic E-state index is 10.7. The lowest BCUT2D eigenvalue weighted by Crippen LogP contribution is -2.63. The predicted molar refractivity (Wildman–Crippen MR) is 73.8 cm³/mol. The smallest absolute Gasteiger partial charge is 0.407 e. The highest BCUT2D eigenvalue weighted by molar-refractivity contribution is 6.30. The summed E-state index contributed by atoms with van der Waals surface area (Å²) in [4.78, 5) is 17.4. The summed E-state index contributed by atoms with van der Waals surface area (Å²) in [5.41, 5.74) is 0.938. The molecule has 0 atom stereocenters. The van der Waals surface area contributed by atoms with Gasteiger partial charge in [-0.15, -0.1) is 0 Å². The fourth-order valence-corrected chi connectivity index (χ4v) is 2.44. The van der Waals surface area contributed by atoms with Gasteiger partial charge in [0.15, 0.2) is 5.60 Å². The van der Waals surface area contributed by atoms with Crippen LogP contribution in [-0.2, 0) is 4.84 Å². The van der Waals surface area contributed by atoms with Gasteiger partial charge in [0.2, 0.25) is 0 Å². The third-order valence-electron chi connectivity index (χ3n) is 3.24. The van der Waals surface area contributed by atoms with Gasteiger partial charge in [0.1, 0.15) is 5.71 Å². The van der Waals surface area contributed by atoms with Crippen LogP contribution in [-0.4, -0.2) is 40.5 Å². The zero-order valence-electron chi connectivity index (χ0n) is 10.5. The Kier molecular flexibility index (Phi) is 3.03. The van der Waals surface area contributed by atoms with Crippen molar-refractivity contribution in [2.24, 2.45) is 5.16 Å². The Morgan fingerprint density at radius 2 is 2.25 bits per heavy atom. The van der Waals surface area contributed by atoms with Gasteiger partial charge in [0.05, 0.1) is 13.1 Å². The predicted octanol–water partition coefficient (Wildman–Crippen LogP) is 2.20. The fraction of sp³-hybridized carbons (Fsp3) is 0.286. The van der Waals surface area contributed by atoms with Crippen molar-refractivity contribution in [1.29, 1.82) is 0 Å². The van der Waals surface area contributed by atoms with Crippen LogP contribution in [0.3, 0.4) is 0 Å². The highest BCUT2D eigenvalue weighted by Crippen LogP contribution is 2.33. The molecule has 6 heteroatoms. The van der Waals surface area contributed by atoms with E-state index in [2.05, 4.69) is 17.0 Å². The summed E-state index contributed by atoms with van der Waals surface area (Å²) in [5, 5.41) is 13.4. The molecular weight excluding hydrogens is 280 g/mol. The molecule has 0 aromatic heterocycles. The van der Waals surface area contributed by atoms with E-state index in [0.717, 1.165) is 5.56 Å². The second kappa shape index (κ2) is 4.73. The van der Waals surface area contributed by atoms with Crippen molar-refractivity contribution in [3.8, 4) is 11.8 Å². The number of hydrogen-bond donors (Lipinski definition) is 1. The highest BCUT2D eigenvalue weighted by Gasteiger charge is 2.51. The Bertz CT molecular complexity index is 654. The van der Waals surface area contributed by atoms with Crippen molar-refractivity contribution in [3.05, 3.63) is 34.9 Å². The Hall–Kier alpha value is -2.19. The van der Waals surface area contributed by atoms with Gasteiger partial charge in [-0.2, -0.15) is 0 Å². The minimum Gasteiger partial charge on any atom is -0.465 e. The Morgan fingerprint density at radius 3 is 2.95 bits per heavy atom. The molecule has 20 heavy (non-hydrogen) atoms. The molecule has 3 rings (SSSR count). The largest absolute Gasteiger partial charge is 0.465 e. The average molecular weight is 291 g/mol. The molecule has 2 heterocycles. The van der Waals surface area contributed by atoms with Crippen LogP contribution in [0.15, 0.2) is 29.4 Å². The van der Waals surface area contributed by atoms with Crippen molar-refractivity contribution >= 4 is 23.4 Å². The monoisotopic (exact) mass is 290 g/mol. The second-order valence-corrected chi connectivity index (χ2v) is 5.32. The Labute approximate surface area is 120 Å². The molecule has 2 aliphatic heterocycles. The maximum Gasteiger partial charge on any atom is 0.407 e. The van der Waals surface area contributed by atoms with Crippen LogP contribution in [0.2, 0.25) is 5.02 Å². The minimum absolute atomic E-state index is 0.341. The maximum atomic E-state index is 10.7. The molecule has 0 bridgehead atoms. The van der Waals surface area contributed by atoms with Gasteiger partial charge in [-0.3, -0.25) is 4.90 Å². The van der Waals surface area contributed by atoms with Gasteiger partial charge >= 0.3 is 6.09 Å². The molecule has 102 valence electrons. The van der Waals surface area contributed by atoms with Crippen molar-refractivity contribution in [2.75, 3.05) is 13.1 Å². The molecule has 0 aliphatic carbocycles. The van der Waals surface area contributed by atoms with Crippen LogP contribution in [0, 0.1) is 11.8 Å². The Morgan fingerprint density at radius 1 is 1.45 bits per heavy atom. The standard InChI is InChI=1S/C14H11ClN2O3/c15-11-3-1-2-10(6-11)4-5-12-7-14(20-16-12)8-17(9-14)13(18)19/h1-3,6H,7-9H2,(H,18,19). The van der Waals surface area contributed by atoms with Crippen LogP contribution in [0.4, 0.5) is 4.79 Å². The first-order chi connectivity index (χ1) is 9.56. The van der Waals surface area contributed by atoms with Gasteiger partial charge in [0.25, 0.3) is 0 Å². The van der Waals surface area contributed by atoms with Gasteiger partial charge in [-0.1, -0.05) is 28.7 Å². The first-order valence-electron chi connectivity index (χ1n) is 6.07. The zero-order chi connectivity index (χ0) is 14.2. The number of amides is 1. The minimum atomic E-state index is -0.933. The summed E-state index contributed by atoms with van der Waals surface area (Å²) in [5.74, 6) is 5.92. The van der Waals surface area contributed by atoms with Gasteiger partial charge < -0.3 is 9.94 Å². The van der Waals surface area contributed by atoms with Gasteiger partial charge in [-0.05, 0) is 24.1 Å². The van der Waals surface area contributed by atoms with Crippen molar-refractivity contribution in [2.45, 2.75) is 12.0 Å². The lowest BCUT2D eigenvalue weighted by Gasteiger charge is -2.43. The number of carbonyl (C=O) groups is 1. The van der Waals surface area contributed by atoms with E-state index < -0.39 is 11.7 Å². The molecule has 1 aromatic rings. The van der Waals surface area contributed by atoms with E-state index in [4.69, 9.17) is 21.5 Å². The first-order valence-corrected chi connectivity index (χ1v) is 6.45. The normalized spacial score (nSPS) is 18.6. The molecule has 1 saturated heterocycles. The molecule has 1 fully saturated rings. The van der Waals surface area contributed by atoms with Crippen molar-refractivity contribution in [3.63, 3.8) is 0 Å². The molecule has 2 aliphatic rings. The highest BCUT2D eigenvalue weighted by atomic mass is 35.5. The summed E-state index contributed by atoms with van der Waals surface area (Å²) in [6.07, 6.45) is -0.387. The summed E-state index contributed by atoms with van der Waals surface area (Å²) >= 11 is 5.88. The molecule has 0 saturated carbocycles. The van der Waals surface area contributed by atoms with Gasteiger partial charge in [-0.25, -0.2) is 4.79 Å². The molecule has 1 spiro atoms. The van der Waals surface area contributed by atoms with E-state index in [1.54, 1.807) is 12.1 Å². The molecule has 5 nitrogen and oxygen atoms in total. The lowest BCUT2D eigenvalue weighted by atomic mass is 9.89. The average Bonchev–Trinajstić information content (AvgIpc) is 2.79. The second-order valence-electron chi connectivity index (χ2n) is 4.89. The number of carboxylic acid groups (broad SMARTS) is 1. The molecule has 1 N–H and O–H groups in total. The van der Waals surface area contributed by atoms with Crippen LogP contribution < -0.4 is 0 Å². The zero-order valence-corrected chi connectivity index (χ0v) is 11.2. The van der Waals surface area contributed by atoms with E-state index >= 15 is 0 Å². The topological polar surface area (TPSA) is 62.1 Å². The van der Waals surface area contributed by atoms with E-state index in [1.165, 1.54) is 4.90 Å². The van der Waals surface area contributed by atoms with E-state index in [-0.39, 0.29) is 0 Å².